The molecule has 0 rings (SSSR count). The molecule has 0 aromatic carbocycles. The van der Waals surface area contributed by atoms with Crippen LogP contribution in [-0.4, -0.2) is 18.0 Å². The molecule has 0 saturated carbocycles. The SMILES string of the molecule is CCCCCC(C)P(CCCC)CCC(CC)CCCC. The molecule has 0 aromatic rings. The van der Waals surface area contributed by atoms with E-state index in [9.17, 15) is 0 Å². The van der Waals surface area contributed by atoms with Crippen molar-refractivity contribution in [2.24, 2.45) is 5.92 Å². The van der Waals surface area contributed by atoms with Crippen molar-refractivity contribution in [2.45, 2.75) is 111 Å². The van der Waals surface area contributed by atoms with Crippen molar-refractivity contribution in [3.63, 3.8) is 0 Å². The van der Waals surface area contributed by atoms with Crippen LogP contribution in [0.3, 0.4) is 0 Å². The van der Waals surface area contributed by atoms with Crippen molar-refractivity contribution < 1.29 is 0 Å². The van der Waals surface area contributed by atoms with Gasteiger partial charge < -0.3 is 0 Å². The molecule has 0 aromatic heterocycles. The molecule has 0 radical (unpaired) electrons. The second-order valence-electron chi connectivity index (χ2n) is 6.94. The average Bonchev–Trinajstić information content (AvgIpc) is 2.50. The Morgan fingerprint density at radius 2 is 1.33 bits per heavy atom. The highest BCUT2D eigenvalue weighted by Crippen LogP contribution is 2.46. The van der Waals surface area contributed by atoms with E-state index in [-0.39, 0.29) is 0 Å². The Labute approximate surface area is 137 Å². The summed E-state index contributed by atoms with van der Waals surface area (Å²) in [7, 11) is 0.302. The third kappa shape index (κ3) is 11.6. The molecule has 0 saturated heterocycles. The maximum absolute atomic E-state index is 2.56. The molecule has 3 atom stereocenters. The topological polar surface area (TPSA) is 0 Å². The van der Waals surface area contributed by atoms with Crippen LogP contribution in [0.2, 0.25) is 0 Å². The summed E-state index contributed by atoms with van der Waals surface area (Å²) in [6.45, 7) is 12.0. The lowest BCUT2D eigenvalue weighted by atomic mass is 9.97. The van der Waals surface area contributed by atoms with E-state index in [1.54, 1.807) is 12.3 Å². The van der Waals surface area contributed by atoms with Crippen molar-refractivity contribution >= 4 is 7.92 Å². The zero-order valence-corrected chi connectivity index (χ0v) is 16.7. The second-order valence-corrected chi connectivity index (χ2v) is 9.89. The van der Waals surface area contributed by atoms with E-state index >= 15 is 0 Å². The molecule has 0 fully saturated rings. The van der Waals surface area contributed by atoms with Gasteiger partial charge in [0.25, 0.3) is 0 Å². The fourth-order valence-corrected chi connectivity index (χ4v) is 6.25. The minimum atomic E-state index is 0.302. The maximum atomic E-state index is 2.56. The zero-order valence-electron chi connectivity index (χ0n) is 15.8. The molecular formula is C20H43P. The van der Waals surface area contributed by atoms with Crippen LogP contribution in [0.25, 0.3) is 0 Å². The Bertz CT molecular complexity index is 202. The minimum Gasteiger partial charge on any atom is -0.104 e. The Kier molecular flexibility index (Phi) is 15.6. The van der Waals surface area contributed by atoms with Crippen molar-refractivity contribution in [1.29, 1.82) is 0 Å². The third-order valence-electron chi connectivity index (χ3n) is 5.02. The van der Waals surface area contributed by atoms with Gasteiger partial charge in [0.05, 0.1) is 0 Å². The fraction of sp³-hybridized carbons (Fsp3) is 1.00. The Hall–Kier alpha value is 0.430. The number of hydrogen-bond acceptors (Lipinski definition) is 0. The average molecular weight is 315 g/mol. The van der Waals surface area contributed by atoms with Crippen LogP contribution in [0.5, 0.6) is 0 Å². The molecule has 0 N–H and O–H groups in total. The van der Waals surface area contributed by atoms with Gasteiger partial charge in [0.2, 0.25) is 0 Å². The first kappa shape index (κ1) is 21.4. The van der Waals surface area contributed by atoms with E-state index in [4.69, 9.17) is 0 Å². The standard InChI is InChI=1S/C20H43P/c1-6-10-13-14-19(5)21(17-12-8-3)18-16-20(9-4)15-11-7-2/h19-20H,6-18H2,1-5H3. The molecule has 3 unspecified atom stereocenters. The van der Waals surface area contributed by atoms with Gasteiger partial charge in [-0.1, -0.05) is 86.0 Å². The molecular weight excluding hydrogens is 271 g/mol. The van der Waals surface area contributed by atoms with Crippen LogP contribution in [0.4, 0.5) is 0 Å². The van der Waals surface area contributed by atoms with Crippen LogP contribution in [0, 0.1) is 5.92 Å². The minimum absolute atomic E-state index is 0.302. The molecule has 0 heterocycles. The van der Waals surface area contributed by atoms with Gasteiger partial charge in [-0.05, 0) is 43.2 Å². The summed E-state index contributed by atoms with van der Waals surface area (Å²) in [6, 6.07) is 0. The van der Waals surface area contributed by atoms with Gasteiger partial charge >= 0.3 is 0 Å². The van der Waals surface area contributed by atoms with E-state index in [2.05, 4.69) is 34.6 Å². The van der Waals surface area contributed by atoms with Crippen molar-refractivity contribution in [1.82, 2.24) is 0 Å². The summed E-state index contributed by atoms with van der Waals surface area (Å²) in [4.78, 5) is 0. The molecule has 21 heavy (non-hydrogen) atoms. The quantitative estimate of drug-likeness (QED) is 0.213. The predicted octanol–water partition coefficient (Wildman–Crippen LogP) is 7.84. The third-order valence-corrected chi connectivity index (χ3v) is 8.24. The summed E-state index contributed by atoms with van der Waals surface area (Å²) in [5.74, 6) is 1.01. The first-order valence-corrected chi connectivity index (χ1v) is 11.7. The molecule has 0 spiro atoms. The summed E-state index contributed by atoms with van der Waals surface area (Å²) in [5, 5.41) is 0. The number of rotatable bonds is 15. The molecule has 0 amide bonds. The van der Waals surface area contributed by atoms with E-state index < -0.39 is 0 Å². The van der Waals surface area contributed by atoms with Gasteiger partial charge in [-0.3, -0.25) is 0 Å². The molecule has 0 aliphatic rings. The van der Waals surface area contributed by atoms with E-state index in [0.29, 0.717) is 7.92 Å². The second kappa shape index (κ2) is 15.3. The van der Waals surface area contributed by atoms with Crippen molar-refractivity contribution in [3.05, 3.63) is 0 Å². The van der Waals surface area contributed by atoms with E-state index in [1.807, 2.05) is 0 Å². The van der Waals surface area contributed by atoms with Crippen LogP contribution >= 0.6 is 7.92 Å². The first-order chi connectivity index (χ1) is 10.2. The molecule has 0 aliphatic heterocycles. The Balaban J connectivity index is 4.18. The smallest absolute Gasteiger partial charge is 0.0238 e. The molecule has 0 nitrogen and oxygen atoms in total. The monoisotopic (exact) mass is 314 g/mol. The van der Waals surface area contributed by atoms with Gasteiger partial charge in [-0.25, -0.2) is 0 Å². The van der Waals surface area contributed by atoms with Gasteiger partial charge in [0, 0.05) is 0 Å². The van der Waals surface area contributed by atoms with E-state index in [1.165, 1.54) is 70.6 Å². The highest BCUT2D eigenvalue weighted by molar-refractivity contribution is 7.58. The Morgan fingerprint density at radius 1 is 0.667 bits per heavy atom. The van der Waals surface area contributed by atoms with Gasteiger partial charge in [0.15, 0.2) is 0 Å². The lowest BCUT2D eigenvalue weighted by Crippen LogP contribution is -2.09. The van der Waals surface area contributed by atoms with Crippen LogP contribution in [0.15, 0.2) is 0 Å². The summed E-state index contributed by atoms with van der Waals surface area (Å²) >= 11 is 0. The van der Waals surface area contributed by atoms with E-state index in [0.717, 1.165) is 11.6 Å². The number of unbranched alkanes of at least 4 members (excludes halogenated alkanes) is 4. The van der Waals surface area contributed by atoms with Crippen molar-refractivity contribution in [3.8, 4) is 0 Å². The van der Waals surface area contributed by atoms with Gasteiger partial charge in [0.1, 0.15) is 0 Å². The lowest BCUT2D eigenvalue weighted by Gasteiger charge is -2.27. The molecule has 1 heteroatoms. The lowest BCUT2D eigenvalue weighted by molar-refractivity contribution is 0.440. The first-order valence-electron chi connectivity index (χ1n) is 9.93. The molecule has 128 valence electrons. The highest BCUT2D eigenvalue weighted by atomic mass is 31.1. The van der Waals surface area contributed by atoms with Crippen molar-refractivity contribution in [2.75, 3.05) is 12.3 Å². The van der Waals surface area contributed by atoms with Gasteiger partial charge in [-0.2, -0.15) is 0 Å². The molecule has 0 aliphatic carbocycles. The largest absolute Gasteiger partial charge is 0.104 e. The maximum Gasteiger partial charge on any atom is -0.0238 e. The molecule has 0 bridgehead atoms. The fourth-order valence-electron chi connectivity index (χ4n) is 3.18. The number of hydrogen-bond donors (Lipinski definition) is 0. The highest BCUT2D eigenvalue weighted by Gasteiger charge is 2.17. The van der Waals surface area contributed by atoms with Crippen LogP contribution in [0.1, 0.15) is 105 Å². The van der Waals surface area contributed by atoms with Crippen LogP contribution < -0.4 is 0 Å². The predicted molar refractivity (Wildman–Crippen MR) is 103 cm³/mol. The summed E-state index contributed by atoms with van der Waals surface area (Å²) in [6.07, 6.45) is 18.9. The summed E-state index contributed by atoms with van der Waals surface area (Å²) in [5.41, 5.74) is 1.02. The summed E-state index contributed by atoms with van der Waals surface area (Å²) < 4.78 is 0. The van der Waals surface area contributed by atoms with Gasteiger partial charge in [-0.15, -0.1) is 7.92 Å². The zero-order chi connectivity index (χ0) is 15.9. The Morgan fingerprint density at radius 3 is 1.90 bits per heavy atom. The normalized spacial score (nSPS) is 15.9. The van der Waals surface area contributed by atoms with Crippen LogP contribution in [-0.2, 0) is 0 Å².